The van der Waals surface area contributed by atoms with Crippen LogP contribution in [0.15, 0.2) is 24.5 Å². The van der Waals surface area contributed by atoms with Gasteiger partial charge in [0.2, 0.25) is 0 Å². The summed E-state index contributed by atoms with van der Waals surface area (Å²) in [5, 5.41) is 12.6. The molecule has 14 heavy (non-hydrogen) atoms. The van der Waals surface area contributed by atoms with E-state index < -0.39 is 0 Å². The molecule has 2 aromatic heterocycles. The van der Waals surface area contributed by atoms with Crippen LogP contribution >= 0.6 is 0 Å². The summed E-state index contributed by atoms with van der Waals surface area (Å²) < 4.78 is 0. The summed E-state index contributed by atoms with van der Waals surface area (Å²) in [7, 11) is 1.75. The lowest BCUT2D eigenvalue weighted by molar-refractivity contribution is 1.29. The van der Waals surface area contributed by atoms with Gasteiger partial charge in [0.1, 0.15) is 11.9 Å². The van der Waals surface area contributed by atoms with Crippen molar-refractivity contribution in [2.45, 2.75) is 0 Å². The van der Waals surface area contributed by atoms with Gasteiger partial charge in [-0.1, -0.05) is 0 Å². The molecular formula is C10H8N4. The van der Waals surface area contributed by atoms with Crippen LogP contribution in [-0.4, -0.2) is 17.0 Å². The Hall–Kier alpha value is -2.15. The molecule has 4 nitrogen and oxygen atoms in total. The zero-order chi connectivity index (χ0) is 9.97. The predicted octanol–water partition coefficient (Wildman–Crippen LogP) is 1.54. The molecule has 0 spiro atoms. The zero-order valence-electron chi connectivity index (χ0n) is 7.65. The van der Waals surface area contributed by atoms with Gasteiger partial charge in [-0.15, -0.1) is 0 Å². The third-order valence-corrected chi connectivity index (χ3v) is 1.97. The number of nitrogens with zero attached hydrogens (tertiary/aromatic N) is 3. The van der Waals surface area contributed by atoms with Gasteiger partial charge in [-0.2, -0.15) is 5.26 Å². The molecule has 2 aromatic rings. The normalized spacial score (nSPS) is 9.71. The third kappa shape index (κ3) is 1.25. The van der Waals surface area contributed by atoms with E-state index in [1.807, 2.05) is 6.07 Å². The number of hydrogen-bond donors (Lipinski definition) is 1. The number of anilines is 1. The number of nitrogens with one attached hydrogen (secondary N) is 1. The zero-order valence-corrected chi connectivity index (χ0v) is 7.65. The summed E-state index contributed by atoms with van der Waals surface area (Å²) in [4.78, 5) is 8.26. The van der Waals surface area contributed by atoms with E-state index in [-0.39, 0.29) is 0 Å². The minimum absolute atomic E-state index is 0.535. The van der Waals surface area contributed by atoms with E-state index in [1.165, 1.54) is 0 Å². The van der Waals surface area contributed by atoms with E-state index in [4.69, 9.17) is 5.26 Å². The topological polar surface area (TPSA) is 61.6 Å². The first-order valence-electron chi connectivity index (χ1n) is 4.18. The molecule has 0 amide bonds. The molecule has 0 atom stereocenters. The number of hydrogen-bond acceptors (Lipinski definition) is 4. The van der Waals surface area contributed by atoms with Crippen molar-refractivity contribution in [3.63, 3.8) is 0 Å². The van der Waals surface area contributed by atoms with Crippen molar-refractivity contribution < 1.29 is 0 Å². The lowest BCUT2D eigenvalue weighted by Gasteiger charge is -2.03. The van der Waals surface area contributed by atoms with Crippen LogP contribution in [0.1, 0.15) is 5.56 Å². The Kier molecular flexibility index (Phi) is 1.99. The average molecular weight is 184 g/mol. The van der Waals surface area contributed by atoms with E-state index >= 15 is 0 Å². The summed E-state index contributed by atoms with van der Waals surface area (Å²) in [5.74, 6) is 0.603. The van der Waals surface area contributed by atoms with Gasteiger partial charge in [-0.05, 0) is 12.1 Å². The highest BCUT2D eigenvalue weighted by molar-refractivity contribution is 5.81. The van der Waals surface area contributed by atoms with Gasteiger partial charge >= 0.3 is 0 Å². The van der Waals surface area contributed by atoms with Crippen molar-refractivity contribution in [3.05, 3.63) is 30.1 Å². The smallest absolute Gasteiger partial charge is 0.144 e. The largest absolute Gasteiger partial charge is 0.372 e. The molecule has 0 fully saturated rings. The Morgan fingerprint density at radius 1 is 1.50 bits per heavy atom. The Balaban J connectivity index is 2.77. The predicted molar refractivity (Wildman–Crippen MR) is 53.8 cm³/mol. The lowest BCUT2D eigenvalue weighted by Crippen LogP contribution is -1.96. The first-order valence-corrected chi connectivity index (χ1v) is 4.18. The Bertz CT molecular complexity index is 513. The van der Waals surface area contributed by atoms with Crippen LogP contribution in [0.25, 0.3) is 10.9 Å². The molecule has 68 valence electrons. The molecule has 0 aliphatic heterocycles. The van der Waals surface area contributed by atoms with Crippen LogP contribution in [0.2, 0.25) is 0 Å². The van der Waals surface area contributed by atoms with Gasteiger partial charge in [-0.25, -0.2) is 4.98 Å². The fourth-order valence-electron chi connectivity index (χ4n) is 1.29. The van der Waals surface area contributed by atoms with Crippen LogP contribution in [-0.2, 0) is 0 Å². The first-order chi connectivity index (χ1) is 6.85. The van der Waals surface area contributed by atoms with E-state index in [9.17, 15) is 0 Å². The van der Waals surface area contributed by atoms with Crippen LogP contribution in [0.3, 0.4) is 0 Å². The highest BCUT2D eigenvalue weighted by Crippen LogP contribution is 2.18. The Morgan fingerprint density at radius 2 is 2.36 bits per heavy atom. The number of pyridine rings is 2. The minimum Gasteiger partial charge on any atom is -0.372 e. The standard InChI is InChI=1S/C10H8N4/c1-12-10-7(5-11)4-8-6-13-3-2-9(8)14-10/h2-4,6H,1H3,(H,12,14). The monoisotopic (exact) mass is 184 g/mol. The van der Waals surface area contributed by atoms with E-state index in [2.05, 4.69) is 21.4 Å². The quantitative estimate of drug-likeness (QED) is 0.730. The van der Waals surface area contributed by atoms with E-state index in [0.29, 0.717) is 11.4 Å². The van der Waals surface area contributed by atoms with Crippen molar-refractivity contribution in [1.82, 2.24) is 9.97 Å². The SMILES string of the molecule is CNc1nc2ccncc2cc1C#N. The lowest BCUT2D eigenvalue weighted by atomic mass is 10.2. The molecule has 1 N–H and O–H groups in total. The van der Waals surface area contributed by atoms with Gasteiger partial charge in [0.25, 0.3) is 0 Å². The van der Waals surface area contributed by atoms with Crippen molar-refractivity contribution in [1.29, 1.82) is 5.26 Å². The molecular weight excluding hydrogens is 176 g/mol. The van der Waals surface area contributed by atoms with Gasteiger partial charge in [0.05, 0.1) is 11.1 Å². The maximum Gasteiger partial charge on any atom is 0.144 e. The van der Waals surface area contributed by atoms with Crippen LogP contribution in [0, 0.1) is 11.3 Å². The average Bonchev–Trinajstić information content (AvgIpc) is 2.27. The minimum atomic E-state index is 0.535. The highest BCUT2D eigenvalue weighted by atomic mass is 15.0. The summed E-state index contributed by atoms with van der Waals surface area (Å²) in [6.07, 6.45) is 3.38. The first kappa shape index (κ1) is 8.45. The molecule has 0 aliphatic rings. The summed E-state index contributed by atoms with van der Waals surface area (Å²) in [5.41, 5.74) is 1.37. The van der Waals surface area contributed by atoms with Crippen molar-refractivity contribution in [2.24, 2.45) is 0 Å². The molecule has 0 radical (unpaired) electrons. The van der Waals surface area contributed by atoms with Gasteiger partial charge < -0.3 is 5.32 Å². The van der Waals surface area contributed by atoms with Crippen molar-refractivity contribution in [3.8, 4) is 6.07 Å². The molecule has 0 bridgehead atoms. The molecule has 0 saturated carbocycles. The highest BCUT2D eigenvalue weighted by Gasteiger charge is 2.03. The molecule has 4 heteroatoms. The Morgan fingerprint density at radius 3 is 3.07 bits per heavy atom. The van der Waals surface area contributed by atoms with Crippen molar-refractivity contribution >= 4 is 16.7 Å². The van der Waals surface area contributed by atoms with Crippen molar-refractivity contribution in [2.75, 3.05) is 12.4 Å². The van der Waals surface area contributed by atoms with E-state index in [1.54, 1.807) is 25.5 Å². The van der Waals surface area contributed by atoms with Crippen LogP contribution < -0.4 is 5.32 Å². The maximum absolute atomic E-state index is 8.86. The van der Waals surface area contributed by atoms with Gasteiger partial charge in [0, 0.05) is 24.8 Å². The van der Waals surface area contributed by atoms with Gasteiger partial charge in [-0.3, -0.25) is 4.98 Å². The molecule has 0 unspecified atom stereocenters. The molecule has 0 aliphatic carbocycles. The van der Waals surface area contributed by atoms with E-state index in [0.717, 1.165) is 10.9 Å². The second-order valence-electron chi connectivity index (χ2n) is 2.81. The number of nitriles is 1. The number of fused-ring (bicyclic) bond motifs is 1. The molecule has 2 heterocycles. The second kappa shape index (κ2) is 3.30. The molecule has 0 aromatic carbocycles. The number of aromatic nitrogens is 2. The third-order valence-electron chi connectivity index (χ3n) is 1.97. The van der Waals surface area contributed by atoms with Crippen LogP contribution in [0.5, 0.6) is 0 Å². The summed E-state index contributed by atoms with van der Waals surface area (Å²) in [6.45, 7) is 0. The fraction of sp³-hybridized carbons (Fsp3) is 0.100. The molecule has 0 saturated heterocycles. The number of rotatable bonds is 1. The van der Waals surface area contributed by atoms with Gasteiger partial charge in [0.15, 0.2) is 0 Å². The maximum atomic E-state index is 8.86. The molecule has 2 rings (SSSR count). The fourth-order valence-corrected chi connectivity index (χ4v) is 1.29. The summed E-state index contributed by atoms with van der Waals surface area (Å²) >= 11 is 0. The summed E-state index contributed by atoms with van der Waals surface area (Å²) in [6, 6.07) is 5.68. The Labute approximate surface area is 81.2 Å². The second-order valence-corrected chi connectivity index (χ2v) is 2.81. The van der Waals surface area contributed by atoms with Crippen LogP contribution in [0.4, 0.5) is 5.82 Å².